The molecule has 3 atom stereocenters. The molecule has 3 unspecified atom stereocenters. The Morgan fingerprint density at radius 1 is 0.941 bits per heavy atom. The molecule has 1 nitrogen and oxygen atoms in total. The van der Waals surface area contributed by atoms with E-state index in [0.29, 0.717) is 0 Å². The van der Waals surface area contributed by atoms with Gasteiger partial charge in [-0.05, 0) is 36.2 Å². The predicted molar refractivity (Wildman–Crippen MR) is 69.3 cm³/mol. The van der Waals surface area contributed by atoms with Crippen LogP contribution < -0.4 is 0 Å². The molecule has 2 saturated carbocycles. The van der Waals surface area contributed by atoms with Crippen LogP contribution in [0.25, 0.3) is 0 Å². The Morgan fingerprint density at radius 3 is 2.35 bits per heavy atom. The minimum absolute atomic E-state index is 0.761. The lowest BCUT2D eigenvalue weighted by molar-refractivity contribution is 0.112. The van der Waals surface area contributed by atoms with Gasteiger partial charge < -0.3 is 0 Å². The van der Waals surface area contributed by atoms with Crippen molar-refractivity contribution in [2.45, 2.75) is 44.4 Å². The monoisotopic (exact) mass is 228 g/mol. The molecule has 0 amide bonds. The summed E-state index contributed by atoms with van der Waals surface area (Å²) in [6.07, 6.45) is 9.43. The van der Waals surface area contributed by atoms with E-state index >= 15 is 0 Å². The second-order valence-corrected chi connectivity index (χ2v) is 5.68. The minimum atomic E-state index is 0.761. The number of aldehydes is 1. The highest BCUT2D eigenvalue weighted by molar-refractivity contribution is 5.74. The Balaban J connectivity index is 1.83. The number of hydrogen-bond donors (Lipinski definition) is 0. The lowest BCUT2D eigenvalue weighted by Crippen LogP contribution is -2.22. The summed E-state index contributed by atoms with van der Waals surface area (Å²) >= 11 is 0. The average Bonchev–Trinajstić information content (AvgIpc) is 2.87. The third kappa shape index (κ3) is 2.03. The maximum absolute atomic E-state index is 10.7. The van der Waals surface area contributed by atoms with Gasteiger partial charge in [0.15, 0.2) is 0 Å². The van der Waals surface area contributed by atoms with E-state index in [1.807, 2.05) is 12.1 Å². The molecule has 3 rings (SSSR count). The largest absolute Gasteiger partial charge is 0.298 e. The summed E-state index contributed by atoms with van der Waals surface area (Å²) in [5, 5.41) is 0. The normalized spacial score (nSPS) is 32.1. The van der Waals surface area contributed by atoms with Crippen molar-refractivity contribution in [2.75, 3.05) is 0 Å². The molecule has 1 aromatic carbocycles. The molecule has 90 valence electrons. The maximum Gasteiger partial charge on any atom is 0.150 e. The minimum Gasteiger partial charge on any atom is -0.298 e. The van der Waals surface area contributed by atoms with Crippen molar-refractivity contribution in [1.29, 1.82) is 0 Å². The molecule has 1 heteroatoms. The van der Waals surface area contributed by atoms with E-state index in [9.17, 15) is 4.79 Å². The molecule has 0 aromatic heterocycles. The molecule has 0 radical (unpaired) electrons. The third-order valence-corrected chi connectivity index (χ3v) is 4.83. The second-order valence-electron chi connectivity index (χ2n) is 5.68. The lowest BCUT2D eigenvalue weighted by Gasteiger charge is -2.34. The summed E-state index contributed by atoms with van der Waals surface area (Å²) in [4.78, 5) is 10.7. The first-order chi connectivity index (χ1) is 8.38. The van der Waals surface area contributed by atoms with Crippen LogP contribution in [0.3, 0.4) is 0 Å². The van der Waals surface area contributed by atoms with Gasteiger partial charge in [0.2, 0.25) is 0 Å². The topological polar surface area (TPSA) is 17.1 Å². The van der Waals surface area contributed by atoms with Crippen LogP contribution in [0.15, 0.2) is 24.3 Å². The molecule has 1 aromatic rings. The summed E-state index contributed by atoms with van der Waals surface area (Å²) < 4.78 is 0. The quantitative estimate of drug-likeness (QED) is 0.694. The van der Waals surface area contributed by atoms with E-state index in [0.717, 1.165) is 29.6 Å². The summed E-state index contributed by atoms with van der Waals surface area (Å²) in [6, 6.07) is 8.30. The van der Waals surface area contributed by atoms with Gasteiger partial charge >= 0.3 is 0 Å². The fraction of sp³-hybridized carbons (Fsp3) is 0.562. The molecule has 0 saturated heterocycles. The number of rotatable bonds is 2. The lowest BCUT2D eigenvalue weighted by atomic mass is 9.71. The van der Waals surface area contributed by atoms with Gasteiger partial charge in [0, 0.05) is 5.56 Å². The van der Waals surface area contributed by atoms with Gasteiger partial charge in [-0.25, -0.2) is 0 Å². The molecule has 2 aliphatic rings. The summed E-state index contributed by atoms with van der Waals surface area (Å²) in [5.41, 5.74) is 2.26. The molecule has 2 aliphatic carbocycles. The van der Waals surface area contributed by atoms with Gasteiger partial charge in [-0.3, -0.25) is 4.79 Å². The van der Waals surface area contributed by atoms with Crippen LogP contribution in [0.1, 0.15) is 60.4 Å². The Labute approximate surface area is 103 Å². The summed E-state index contributed by atoms with van der Waals surface area (Å²) in [6.45, 7) is 0. The molecule has 2 fully saturated rings. The molecule has 0 aliphatic heterocycles. The Hall–Kier alpha value is -1.11. The summed E-state index contributed by atoms with van der Waals surface area (Å²) in [5.74, 6) is 2.67. The molecular weight excluding hydrogens is 208 g/mol. The molecule has 0 spiro atoms. The highest BCUT2D eigenvalue weighted by Gasteiger charge is 2.36. The SMILES string of the molecule is O=Cc1ccc(C2CCCC3CCCC32)cc1. The van der Waals surface area contributed by atoms with Gasteiger partial charge in [-0.15, -0.1) is 0 Å². The fourth-order valence-electron chi connectivity index (χ4n) is 4.00. The van der Waals surface area contributed by atoms with Crippen LogP contribution in [-0.4, -0.2) is 6.29 Å². The first-order valence-corrected chi connectivity index (χ1v) is 6.93. The van der Waals surface area contributed by atoms with Crippen LogP contribution in [0.5, 0.6) is 0 Å². The Morgan fingerprint density at radius 2 is 1.65 bits per heavy atom. The van der Waals surface area contributed by atoms with Crippen molar-refractivity contribution >= 4 is 6.29 Å². The van der Waals surface area contributed by atoms with Crippen LogP contribution >= 0.6 is 0 Å². The van der Waals surface area contributed by atoms with Gasteiger partial charge in [0.25, 0.3) is 0 Å². The highest BCUT2D eigenvalue weighted by atomic mass is 16.1. The van der Waals surface area contributed by atoms with E-state index in [1.54, 1.807) is 0 Å². The van der Waals surface area contributed by atoms with Crippen molar-refractivity contribution in [1.82, 2.24) is 0 Å². The van der Waals surface area contributed by atoms with E-state index in [2.05, 4.69) is 12.1 Å². The number of carbonyl (C=O) groups excluding carboxylic acids is 1. The summed E-state index contributed by atoms with van der Waals surface area (Å²) in [7, 11) is 0. The maximum atomic E-state index is 10.7. The molecule has 0 bridgehead atoms. The van der Waals surface area contributed by atoms with E-state index in [-0.39, 0.29) is 0 Å². The third-order valence-electron chi connectivity index (χ3n) is 4.83. The van der Waals surface area contributed by atoms with Crippen molar-refractivity contribution < 1.29 is 4.79 Å². The van der Waals surface area contributed by atoms with E-state index < -0.39 is 0 Å². The van der Waals surface area contributed by atoms with Gasteiger partial charge in [0.1, 0.15) is 6.29 Å². The zero-order chi connectivity index (χ0) is 11.7. The number of fused-ring (bicyclic) bond motifs is 1. The van der Waals surface area contributed by atoms with Gasteiger partial charge in [0.05, 0.1) is 0 Å². The van der Waals surface area contributed by atoms with Crippen LogP contribution in [-0.2, 0) is 0 Å². The average molecular weight is 228 g/mol. The van der Waals surface area contributed by atoms with Crippen molar-refractivity contribution in [2.24, 2.45) is 11.8 Å². The number of hydrogen-bond acceptors (Lipinski definition) is 1. The van der Waals surface area contributed by atoms with Gasteiger partial charge in [-0.1, -0.05) is 49.9 Å². The Bertz CT molecular complexity index is 392. The van der Waals surface area contributed by atoms with Crippen molar-refractivity contribution in [3.8, 4) is 0 Å². The zero-order valence-corrected chi connectivity index (χ0v) is 10.3. The molecule has 0 heterocycles. The smallest absolute Gasteiger partial charge is 0.150 e. The fourth-order valence-corrected chi connectivity index (χ4v) is 4.00. The zero-order valence-electron chi connectivity index (χ0n) is 10.3. The first kappa shape index (κ1) is 11.0. The molecule has 0 N–H and O–H groups in total. The predicted octanol–water partition coefficient (Wildman–Crippen LogP) is 4.18. The van der Waals surface area contributed by atoms with Crippen molar-refractivity contribution in [3.63, 3.8) is 0 Å². The molecular formula is C16H20O. The molecule has 17 heavy (non-hydrogen) atoms. The van der Waals surface area contributed by atoms with Gasteiger partial charge in [-0.2, -0.15) is 0 Å². The number of benzene rings is 1. The van der Waals surface area contributed by atoms with Crippen LogP contribution in [0.2, 0.25) is 0 Å². The highest BCUT2D eigenvalue weighted by Crippen LogP contribution is 2.49. The Kier molecular flexibility index (Phi) is 3.00. The second kappa shape index (κ2) is 4.64. The van der Waals surface area contributed by atoms with Crippen LogP contribution in [0, 0.1) is 11.8 Å². The first-order valence-electron chi connectivity index (χ1n) is 6.93. The van der Waals surface area contributed by atoms with E-state index in [4.69, 9.17) is 0 Å². The number of carbonyl (C=O) groups is 1. The van der Waals surface area contributed by atoms with Crippen LogP contribution in [0.4, 0.5) is 0 Å². The van der Waals surface area contributed by atoms with Crippen molar-refractivity contribution in [3.05, 3.63) is 35.4 Å². The standard InChI is InChI=1S/C16H20O/c17-11-12-7-9-14(10-8-12)16-6-2-4-13-3-1-5-15(13)16/h7-11,13,15-16H,1-6H2. The van der Waals surface area contributed by atoms with E-state index in [1.165, 1.54) is 44.1 Å².